The van der Waals surface area contributed by atoms with Crippen molar-refractivity contribution < 1.29 is 10.0 Å². The fourth-order valence-electron chi connectivity index (χ4n) is 2.40. The van der Waals surface area contributed by atoms with E-state index in [4.69, 9.17) is 17.3 Å². The van der Waals surface area contributed by atoms with Crippen LogP contribution in [0.1, 0.15) is 5.56 Å². The van der Waals surface area contributed by atoms with Crippen LogP contribution in [-0.2, 0) is 11.2 Å². The number of hydrogen-bond acceptors (Lipinski definition) is 3. The van der Waals surface area contributed by atoms with Crippen LogP contribution in [-0.4, -0.2) is 17.2 Å². The average molecular weight is 289 g/mol. The summed E-state index contributed by atoms with van der Waals surface area (Å²) >= 11 is 5.99. The monoisotopic (exact) mass is 288 g/mol. The van der Waals surface area contributed by atoms with Gasteiger partial charge >= 0.3 is 0 Å². The number of nitrogens with two attached hydrogens (primary N) is 1. The van der Waals surface area contributed by atoms with Gasteiger partial charge in [-0.3, -0.25) is 10.0 Å². The van der Waals surface area contributed by atoms with E-state index in [-0.39, 0.29) is 0 Å². The van der Waals surface area contributed by atoms with Gasteiger partial charge in [0.2, 0.25) is 0 Å². The van der Waals surface area contributed by atoms with E-state index in [1.165, 1.54) is 0 Å². The van der Waals surface area contributed by atoms with E-state index in [0.717, 1.165) is 16.7 Å². The summed E-state index contributed by atoms with van der Waals surface area (Å²) < 4.78 is 0. The van der Waals surface area contributed by atoms with Crippen LogP contribution in [0.4, 0.5) is 5.69 Å². The van der Waals surface area contributed by atoms with Gasteiger partial charge in [0, 0.05) is 5.02 Å². The third kappa shape index (κ3) is 2.18. The minimum atomic E-state index is -0.706. The first-order valence-electron chi connectivity index (χ1n) is 6.23. The maximum Gasteiger partial charge on any atom is 0.267 e. The van der Waals surface area contributed by atoms with E-state index >= 15 is 0 Å². The quantitative estimate of drug-likeness (QED) is 0.793. The van der Waals surface area contributed by atoms with Crippen molar-refractivity contribution >= 4 is 23.2 Å². The zero-order chi connectivity index (χ0) is 14.3. The minimum Gasteiger partial charge on any atom is -0.320 e. The van der Waals surface area contributed by atoms with E-state index in [1.807, 2.05) is 36.4 Å². The molecule has 0 radical (unpaired) electrons. The Morgan fingerprint density at radius 2 is 1.95 bits per heavy atom. The molecule has 4 nitrogen and oxygen atoms in total. The van der Waals surface area contributed by atoms with E-state index in [9.17, 15) is 10.0 Å². The molecule has 0 spiro atoms. The molecule has 20 heavy (non-hydrogen) atoms. The Morgan fingerprint density at radius 1 is 1.20 bits per heavy atom. The highest BCUT2D eigenvalue weighted by atomic mass is 35.5. The molecule has 0 unspecified atom stereocenters. The van der Waals surface area contributed by atoms with Gasteiger partial charge < -0.3 is 5.73 Å². The number of benzene rings is 2. The number of halogens is 1. The van der Waals surface area contributed by atoms with Crippen molar-refractivity contribution in [1.82, 2.24) is 0 Å². The number of hydroxylamine groups is 1. The molecule has 102 valence electrons. The molecule has 3 rings (SSSR count). The molecule has 1 amide bonds. The number of hydrogen-bond donors (Lipinski definition) is 2. The van der Waals surface area contributed by atoms with Crippen molar-refractivity contribution in [3.05, 3.63) is 53.1 Å². The number of fused-ring (bicyclic) bond motifs is 1. The Bertz CT molecular complexity index is 687. The van der Waals surface area contributed by atoms with E-state index in [0.29, 0.717) is 22.2 Å². The zero-order valence-corrected chi connectivity index (χ0v) is 11.3. The standard InChI is InChI=1S/C15H13ClN2O2/c16-12-3-1-2-9(7-12)10-4-5-14-11(6-10)8-13(17)15(19)18(14)20/h1-7,13,20H,8,17H2/t13-/m0/s1. The highest BCUT2D eigenvalue weighted by Gasteiger charge is 2.29. The summed E-state index contributed by atoms with van der Waals surface area (Å²) in [6.45, 7) is 0. The van der Waals surface area contributed by atoms with E-state index in [2.05, 4.69) is 0 Å². The van der Waals surface area contributed by atoms with Gasteiger partial charge in [0.15, 0.2) is 0 Å². The van der Waals surface area contributed by atoms with E-state index < -0.39 is 11.9 Å². The molecule has 0 fully saturated rings. The van der Waals surface area contributed by atoms with Crippen molar-refractivity contribution in [2.24, 2.45) is 5.73 Å². The number of anilines is 1. The van der Waals surface area contributed by atoms with Gasteiger partial charge in [-0.05, 0) is 47.4 Å². The van der Waals surface area contributed by atoms with Gasteiger partial charge in [-0.15, -0.1) is 0 Å². The largest absolute Gasteiger partial charge is 0.320 e. The first-order valence-corrected chi connectivity index (χ1v) is 6.61. The van der Waals surface area contributed by atoms with Crippen LogP contribution in [0.5, 0.6) is 0 Å². The summed E-state index contributed by atoms with van der Waals surface area (Å²) in [5, 5.41) is 11.1. The fourth-order valence-corrected chi connectivity index (χ4v) is 2.59. The Labute approximate surface area is 121 Å². The summed E-state index contributed by atoms with van der Waals surface area (Å²) in [7, 11) is 0. The number of nitrogens with zero attached hydrogens (tertiary/aromatic N) is 1. The topological polar surface area (TPSA) is 66.6 Å². The first kappa shape index (κ1) is 13.1. The minimum absolute atomic E-state index is 0.416. The third-order valence-electron chi connectivity index (χ3n) is 3.43. The predicted octanol–water partition coefficient (Wildman–Crippen LogP) is 2.61. The Balaban J connectivity index is 2.06. The van der Waals surface area contributed by atoms with E-state index in [1.54, 1.807) is 6.07 Å². The summed E-state index contributed by atoms with van der Waals surface area (Å²) in [6.07, 6.45) is 0.416. The highest BCUT2D eigenvalue weighted by molar-refractivity contribution is 6.30. The second kappa shape index (κ2) is 4.90. The molecule has 2 aromatic rings. The van der Waals surface area contributed by atoms with Crippen LogP contribution in [0.15, 0.2) is 42.5 Å². The van der Waals surface area contributed by atoms with Crippen molar-refractivity contribution in [1.29, 1.82) is 0 Å². The van der Waals surface area contributed by atoms with Crippen LogP contribution < -0.4 is 10.8 Å². The number of rotatable bonds is 1. The molecule has 1 heterocycles. The molecule has 1 aliphatic rings. The molecule has 5 heteroatoms. The van der Waals surface area contributed by atoms with Crippen LogP contribution in [0.25, 0.3) is 11.1 Å². The summed E-state index contributed by atoms with van der Waals surface area (Å²) in [5.41, 5.74) is 9.01. The highest BCUT2D eigenvalue weighted by Crippen LogP contribution is 2.31. The summed E-state index contributed by atoms with van der Waals surface area (Å²) in [6, 6.07) is 12.3. The lowest BCUT2D eigenvalue weighted by atomic mass is 9.95. The molecule has 0 bridgehead atoms. The maximum atomic E-state index is 11.6. The average Bonchev–Trinajstić information content (AvgIpc) is 2.44. The molecule has 1 aliphatic heterocycles. The number of amides is 1. The maximum absolute atomic E-state index is 11.6. The summed E-state index contributed by atoms with van der Waals surface area (Å²) in [5.74, 6) is -0.479. The molecule has 1 atom stereocenters. The van der Waals surface area contributed by atoms with Crippen molar-refractivity contribution in [2.45, 2.75) is 12.5 Å². The van der Waals surface area contributed by atoms with Crippen LogP contribution in [0.3, 0.4) is 0 Å². The van der Waals surface area contributed by atoms with Gasteiger partial charge in [0.1, 0.15) is 0 Å². The number of carbonyl (C=O) groups excluding carboxylic acids is 1. The molecule has 0 saturated carbocycles. The van der Waals surface area contributed by atoms with Gasteiger partial charge in [0.05, 0.1) is 11.7 Å². The smallest absolute Gasteiger partial charge is 0.267 e. The van der Waals surface area contributed by atoms with Crippen LogP contribution >= 0.6 is 11.6 Å². The first-order chi connectivity index (χ1) is 9.56. The second-order valence-corrected chi connectivity index (χ2v) is 5.25. The predicted molar refractivity (Wildman–Crippen MR) is 77.8 cm³/mol. The van der Waals surface area contributed by atoms with Crippen LogP contribution in [0, 0.1) is 0 Å². The molecule has 0 saturated heterocycles. The summed E-state index contributed by atoms with van der Waals surface area (Å²) in [4.78, 5) is 11.6. The van der Waals surface area contributed by atoms with Crippen molar-refractivity contribution in [3.63, 3.8) is 0 Å². The molecular weight excluding hydrogens is 276 g/mol. The van der Waals surface area contributed by atoms with Gasteiger partial charge in [-0.1, -0.05) is 29.8 Å². The second-order valence-electron chi connectivity index (χ2n) is 4.81. The fraction of sp³-hybridized carbons (Fsp3) is 0.133. The Hall–Kier alpha value is -1.88. The van der Waals surface area contributed by atoms with Gasteiger partial charge in [0.25, 0.3) is 5.91 Å². The molecule has 2 aromatic carbocycles. The van der Waals surface area contributed by atoms with Gasteiger partial charge in [-0.25, -0.2) is 0 Å². The van der Waals surface area contributed by atoms with Crippen molar-refractivity contribution in [2.75, 3.05) is 5.06 Å². The van der Waals surface area contributed by atoms with Gasteiger partial charge in [-0.2, -0.15) is 5.06 Å². The van der Waals surface area contributed by atoms with Crippen molar-refractivity contribution in [3.8, 4) is 11.1 Å². The lowest BCUT2D eigenvalue weighted by Gasteiger charge is -2.28. The number of carbonyl (C=O) groups is 1. The molecular formula is C15H13ClN2O2. The molecule has 0 aromatic heterocycles. The lowest BCUT2D eigenvalue weighted by Crippen LogP contribution is -2.47. The SMILES string of the molecule is N[C@H]1Cc2cc(-c3cccc(Cl)c3)ccc2N(O)C1=O. The Kier molecular flexibility index (Phi) is 3.22. The zero-order valence-electron chi connectivity index (χ0n) is 10.6. The lowest BCUT2D eigenvalue weighted by molar-refractivity contribution is -0.125. The Morgan fingerprint density at radius 3 is 2.70 bits per heavy atom. The molecule has 0 aliphatic carbocycles. The molecule has 3 N–H and O–H groups in total. The normalized spacial score (nSPS) is 18.1. The third-order valence-corrected chi connectivity index (χ3v) is 3.67. The van der Waals surface area contributed by atoms with Crippen LogP contribution in [0.2, 0.25) is 5.02 Å².